The molecule has 0 aromatic heterocycles. The fraction of sp³-hybridized carbons (Fsp3) is 0.818. The van der Waals surface area contributed by atoms with Crippen molar-refractivity contribution in [2.45, 2.75) is 25.7 Å². The average Bonchev–Trinajstić information content (AvgIpc) is 2.09. The molecule has 2 rings (SSSR count). The van der Waals surface area contributed by atoms with Gasteiger partial charge in [0.25, 0.3) is 0 Å². The molecule has 90 valence electrons. The maximum Gasteiger partial charge on any atom is 0.303 e. The fourth-order valence-electron chi connectivity index (χ4n) is 2.56. The molecule has 3 N–H and O–H groups in total. The Morgan fingerprint density at radius 1 is 1.38 bits per heavy atom. The smallest absolute Gasteiger partial charge is 0.303 e. The van der Waals surface area contributed by atoms with Crippen LogP contribution in [0.2, 0.25) is 0 Å². The zero-order valence-electron chi connectivity index (χ0n) is 9.32. The molecule has 1 saturated carbocycles. The number of nitrogens with zero attached hydrogens (tertiary/aromatic N) is 1. The summed E-state index contributed by atoms with van der Waals surface area (Å²) in [5.74, 6) is -0.506. The Morgan fingerprint density at radius 3 is 2.38 bits per heavy atom. The molecule has 5 heteroatoms. The maximum absolute atomic E-state index is 12.1. The van der Waals surface area contributed by atoms with Crippen LogP contribution in [0.25, 0.3) is 0 Å². The first-order valence-electron chi connectivity index (χ1n) is 5.79. The lowest BCUT2D eigenvalue weighted by atomic mass is 9.67. The molecule has 1 heterocycles. The van der Waals surface area contributed by atoms with Crippen molar-refractivity contribution in [1.29, 1.82) is 0 Å². The number of nitrogens with two attached hydrogens (primary N) is 1. The van der Waals surface area contributed by atoms with Crippen LogP contribution in [0.4, 0.5) is 0 Å². The van der Waals surface area contributed by atoms with Crippen LogP contribution >= 0.6 is 0 Å². The molecule has 0 aromatic rings. The van der Waals surface area contributed by atoms with Crippen LogP contribution in [-0.2, 0) is 9.59 Å². The molecule has 1 amide bonds. The number of carboxylic acids is 1. The van der Waals surface area contributed by atoms with E-state index in [1.165, 1.54) is 0 Å². The topological polar surface area (TPSA) is 83.6 Å². The normalized spacial score (nSPS) is 23.4. The lowest BCUT2D eigenvalue weighted by Gasteiger charge is -2.48. The van der Waals surface area contributed by atoms with E-state index in [1.54, 1.807) is 4.90 Å². The number of carbonyl (C=O) groups excluding carboxylic acids is 1. The monoisotopic (exact) mass is 226 g/mol. The van der Waals surface area contributed by atoms with Gasteiger partial charge in [-0.15, -0.1) is 0 Å². The third kappa shape index (κ3) is 1.80. The van der Waals surface area contributed by atoms with Gasteiger partial charge in [-0.1, -0.05) is 6.42 Å². The second-order valence-corrected chi connectivity index (χ2v) is 5.01. The number of aliphatic carboxylic acids is 1. The molecular weight excluding hydrogens is 208 g/mol. The van der Waals surface area contributed by atoms with E-state index in [-0.39, 0.29) is 23.7 Å². The van der Waals surface area contributed by atoms with Crippen LogP contribution in [0, 0.1) is 11.3 Å². The van der Waals surface area contributed by atoms with Crippen LogP contribution in [0.3, 0.4) is 0 Å². The highest BCUT2D eigenvalue weighted by Crippen LogP contribution is 2.42. The van der Waals surface area contributed by atoms with Gasteiger partial charge in [0.15, 0.2) is 0 Å². The van der Waals surface area contributed by atoms with Crippen LogP contribution in [0.5, 0.6) is 0 Å². The molecule has 0 bridgehead atoms. The first-order chi connectivity index (χ1) is 7.57. The number of rotatable bonds is 4. The molecule has 0 radical (unpaired) electrons. The third-order valence-corrected chi connectivity index (χ3v) is 3.86. The second-order valence-electron chi connectivity index (χ2n) is 5.01. The van der Waals surface area contributed by atoms with Gasteiger partial charge in [0.1, 0.15) is 0 Å². The molecule has 0 unspecified atom stereocenters. The van der Waals surface area contributed by atoms with Gasteiger partial charge in [0, 0.05) is 25.6 Å². The van der Waals surface area contributed by atoms with Gasteiger partial charge in [-0.05, 0) is 12.8 Å². The minimum absolute atomic E-state index is 0.136. The molecule has 0 atom stereocenters. The Hall–Kier alpha value is -1.10. The van der Waals surface area contributed by atoms with E-state index in [4.69, 9.17) is 10.8 Å². The maximum atomic E-state index is 12.1. The van der Waals surface area contributed by atoms with Gasteiger partial charge >= 0.3 is 5.97 Å². The van der Waals surface area contributed by atoms with E-state index < -0.39 is 5.97 Å². The van der Waals surface area contributed by atoms with Crippen molar-refractivity contribution in [2.75, 3.05) is 19.6 Å². The van der Waals surface area contributed by atoms with E-state index in [0.29, 0.717) is 19.6 Å². The number of hydrogen-bond acceptors (Lipinski definition) is 3. The van der Waals surface area contributed by atoms with Gasteiger partial charge < -0.3 is 15.7 Å². The lowest BCUT2D eigenvalue weighted by molar-refractivity contribution is -0.156. The number of hydrogen-bond donors (Lipinski definition) is 2. The van der Waals surface area contributed by atoms with Gasteiger partial charge in [-0.2, -0.15) is 0 Å². The highest BCUT2D eigenvalue weighted by Gasteiger charge is 2.47. The van der Waals surface area contributed by atoms with E-state index in [1.807, 2.05) is 0 Å². The van der Waals surface area contributed by atoms with Crippen molar-refractivity contribution in [3.63, 3.8) is 0 Å². The van der Waals surface area contributed by atoms with Crippen molar-refractivity contribution in [3.8, 4) is 0 Å². The summed E-state index contributed by atoms with van der Waals surface area (Å²) in [4.78, 5) is 24.3. The summed E-state index contributed by atoms with van der Waals surface area (Å²) in [6, 6.07) is 0. The van der Waals surface area contributed by atoms with Crippen molar-refractivity contribution in [1.82, 2.24) is 4.90 Å². The molecule has 5 nitrogen and oxygen atoms in total. The summed E-state index contributed by atoms with van der Waals surface area (Å²) >= 11 is 0. The van der Waals surface area contributed by atoms with E-state index >= 15 is 0 Å². The molecule has 0 aromatic carbocycles. The lowest BCUT2D eigenvalue weighted by Crippen LogP contribution is -2.59. The number of amides is 1. The quantitative estimate of drug-likeness (QED) is 0.709. The summed E-state index contributed by atoms with van der Waals surface area (Å²) in [5, 5.41) is 8.61. The minimum Gasteiger partial charge on any atom is -0.481 e. The Bertz CT molecular complexity index is 301. The van der Waals surface area contributed by atoms with Gasteiger partial charge in [0.05, 0.1) is 11.8 Å². The van der Waals surface area contributed by atoms with E-state index in [9.17, 15) is 9.59 Å². The van der Waals surface area contributed by atoms with E-state index in [2.05, 4.69) is 0 Å². The number of carboxylic acid groups (broad SMARTS) is 1. The Labute approximate surface area is 94.6 Å². The fourth-order valence-corrected chi connectivity index (χ4v) is 2.56. The number of likely N-dealkylation sites (tertiary alicyclic amines) is 1. The summed E-state index contributed by atoms with van der Waals surface area (Å²) < 4.78 is 0. The summed E-state index contributed by atoms with van der Waals surface area (Å²) in [6.07, 6.45) is 3.03. The standard InChI is InChI=1S/C11H18N2O3/c12-7-11(2-1-3-11)10(16)13-5-8(6-13)4-9(14)15/h8H,1-7,12H2,(H,14,15). The van der Waals surface area contributed by atoms with Crippen LogP contribution in [-0.4, -0.2) is 41.5 Å². The van der Waals surface area contributed by atoms with Gasteiger partial charge in [-0.3, -0.25) is 9.59 Å². The predicted octanol–water partition coefficient (Wildman–Crippen LogP) is 0.0485. The molecule has 2 fully saturated rings. The first-order valence-corrected chi connectivity index (χ1v) is 5.79. The minimum atomic E-state index is -0.783. The molecule has 1 aliphatic heterocycles. The van der Waals surface area contributed by atoms with Crippen LogP contribution in [0.1, 0.15) is 25.7 Å². The summed E-state index contributed by atoms with van der Waals surface area (Å²) in [6.45, 7) is 1.60. The van der Waals surface area contributed by atoms with Crippen LogP contribution in [0.15, 0.2) is 0 Å². The molecular formula is C11H18N2O3. The van der Waals surface area contributed by atoms with Gasteiger partial charge in [-0.25, -0.2) is 0 Å². The molecule has 1 saturated heterocycles. The Morgan fingerprint density at radius 2 is 2.00 bits per heavy atom. The Kier molecular flexibility index (Phi) is 2.88. The van der Waals surface area contributed by atoms with Crippen molar-refractivity contribution >= 4 is 11.9 Å². The average molecular weight is 226 g/mol. The van der Waals surface area contributed by atoms with Crippen molar-refractivity contribution < 1.29 is 14.7 Å². The highest BCUT2D eigenvalue weighted by molar-refractivity contribution is 5.84. The molecule has 1 aliphatic carbocycles. The molecule has 0 spiro atoms. The number of carbonyl (C=O) groups is 2. The second kappa shape index (κ2) is 4.05. The van der Waals surface area contributed by atoms with Gasteiger partial charge in [0.2, 0.25) is 5.91 Å². The molecule has 2 aliphatic rings. The van der Waals surface area contributed by atoms with Crippen molar-refractivity contribution in [3.05, 3.63) is 0 Å². The summed E-state index contributed by atoms with van der Waals surface area (Å²) in [5.41, 5.74) is 5.35. The largest absolute Gasteiger partial charge is 0.481 e. The predicted molar refractivity (Wildman–Crippen MR) is 57.7 cm³/mol. The first kappa shape index (κ1) is 11.4. The summed E-state index contributed by atoms with van der Waals surface area (Å²) in [7, 11) is 0. The third-order valence-electron chi connectivity index (χ3n) is 3.86. The van der Waals surface area contributed by atoms with Crippen LogP contribution < -0.4 is 5.73 Å². The van der Waals surface area contributed by atoms with E-state index in [0.717, 1.165) is 19.3 Å². The molecule has 16 heavy (non-hydrogen) atoms. The Balaban J connectivity index is 1.83. The van der Waals surface area contributed by atoms with Crippen molar-refractivity contribution in [2.24, 2.45) is 17.1 Å². The zero-order valence-corrected chi connectivity index (χ0v) is 9.32. The zero-order chi connectivity index (χ0) is 11.8. The highest BCUT2D eigenvalue weighted by atomic mass is 16.4. The SMILES string of the molecule is NCC1(C(=O)N2CC(CC(=O)O)C2)CCC1.